The molecule has 0 saturated heterocycles. The van der Waals surface area contributed by atoms with Gasteiger partial charge in [-0.3, -0.25) is 0 Å². The van der Waals surface area contributed by atoms with Gasteiger partial charge in [0, 0.05) is 12.7 Å². The second-order valence-electron chi connectivity index (χ2n) is 5.47. The first kappa shape index (κ1) is 12.8. The third kappa shape index (κ3) is 2.09. The Morgan fingerprint density at radius 3 is 2.86 bits per heavy atom. The lowest BCUT2D eigenvalue weighted by atomic mass is 10.3. The summed E-state index contributed by atoms with van der Waals surface area (Å²) in [7, 11) is 2.01. The Hall–Kier alpha value is -2.89. The molecule has 4 rings (SSSR count). The number of imidazole rings is 1. The van der Waals surface area contributed by atoms with Gasteiger partial charge in [0.1, 0.15) is 23.6 Å². The summed E-state index contributed by atoms with van der Waals surface area (Å²) >= 11 is 0. The highest BCUT2D eigenvalue weighted by Gasteiger charge is 2.12. The van der Waals surface area contributed by atoms with Crippen molar-refractivity contribution in [3.05, 3.63) is 48.2 Å². The number of hydrogen-bond donors (Lipinski definition) is 2. The number of hydrogen-bond acceptors (Lipinski definition) is 4. The SMILES string of the molecule is Cc1cc2c(N(C)Cc3nc4ccccc4[nH]3)ncnc2[nH]1. The highest BCUT2D eigenvalue weighted by atomic mass is 15.2. The maximum absolute atomic E-state index is 4.62. The van der Waals surface area contributed by atoms with Crippen molar-refractivity contribution in [2.75, 3.05) is 11.9 Å². The van der Waals surface area contributed by atoms with Crippen LogP contribution in [0.15, 0.2) is 36.7 Å². The van der Waals surface area contributed by atoms with E-state index < -0.39 is 0 Å². The number of H-pyrrole nitrogens is 2. The largest absolute Gasteiger partial charge is 0.352 e. The van der Waals surface area contributed by atoms with Crippen molar-refractivity contribution in [3.63, 3.8) is 0 Å². The quantitative estimate of drug-likeness (QED) is 0.609. The fourth-order valence-corrected chi connectivity index (χ4v) is 2.74. The lowest BCUT2D eigenvalue weighted by Crippen LogP contribution is -2.18. The average Bonchev–Trinajstić information content (AvgIpc) is 3.07. The van der Waals surface area contributed by atoms with Crippen molar-refractivity contribution < 1.29 is 0 Å². The van der Waals surface area contributed by atoms with Crippen molar-refractivity contribution in [1.29, 1.82) is 0 Å². The Balaban J connectivity index is 1.69. The smallest absolute Gasteiger partial charge is 0.143 e. The highest BCUT2D eigenvalue weighted by molar-refractivity contribution is 5.88. The summed E-state index contributed by atoms with van der Waals surface area (Å²) in [6, 6.07) is 10.1. The Bertz CT molecular complexity index is 919. The molecule has 22 heavy (non-hydrogen) atoms. The number of nitrogens with one attached hydrogen (secondary N) is 2. The predicted octanol–water partition coefficient (Wildman–Crippen LogP) is 2.78. The van der Waals surface area contributed by atoms with Gasteiger partial charge in [-0.25, -0.2) is 15.0 Å². The minimum Gasteiger partial charge on any atom is -0.352 e. The maximum Gasteiger partial charge on any atom is 0.143 e. The number of nitrogens with zero attached hydrogens (tertiary/aromatic N) is 4. The van der Waals surface area contributed by atoms with E-state index in [0.29, 0.717) is 6.54 Å². The van der Waals surface area contributed by atoms with Gasteiger partial charge in [0.05, 0.1) is 23.0 Å². The number of rotatable bonds is 3. The number of benzene rings is 1. The van der Waals surface area contributed by atoms with Crippen LogP contribution in [0.4, 0.5) is 5.82 Å². The number of para-hydroxylation sites is 2. The summed E-state index contributed by atoms with van der Waals surface area (Å²) < 4.78 is 0. The van der Waals surface area contributed by atoms with Crippen molar-refractivity contribution in [3.8, 4) is 0 Å². The normalized spacial score (nSPS) is 11.4. The molecule has 0 unspecified atom stereocenters. The zero-order valence-electron chi connectivity index (χ0n) is 12.5. The van der Waals surface area contributed by atoms with Gasteiger partial charge in [-0.1, -0.05) is 12.1 Å². The van der Waals surface area contributed by atoms with Crippen molar-refractivity contribution in [2.45, 2.75) is 13.5 Å². The second kappa shape index (κ2) is 4.84. The predicted molar refractivity (Wildman–Crippen MR) is 86.8 cm³/mol. The molecule has 4 aromatic rings. The number of fused-ring (bicyclic) bond motifs is 2. The molecule has 0 amide bonds. The third-order valence-corrected chi connectivity index (χ3v) is 3.73. The van der Waals surface area contributed by atoms with Crippen LogP contribution in [0, 0.1) is 6.92 Å². The topological polar surface area (TPSA) is 73.5 Å². The van der Waals surface area contributed by atoms with Gasteiger partial charge < -0.3 is 14.9 Å². The molecular weight excluding hydrogens is 276 g/mol. The lowest BCUT2D eigenvalue weighted by Gasteiger charge is -2.17. The van der Waals surface area contributed by atoms with Crippen LogP contribution in [0.1, 0.15) is 11.5 Å². The van der Waals surface area contributed by atoms with Crippen molar-refractivity contribution in [2.24, 2.45) is 0 Å². The fourth-order valence-electron chi connectivity index (χ4n) is 2.74. The van der Waals surface area contributed by atoms with Gasteiger partial charge in [0.15, 0.2) is 0 Å². The Labute approximate surface area is 127 Å². The van der Waals surface area contributed by atoms with E-state index in [-0.39, 0.29) is 0 Å². The molecule has 0 radical (unpaired) electrons. The van der Waals surface area contributed by atoms with E-state index in [1.807, 2.05) is 38.2 Å². The van der Waals surface area contributed by atoms with Crippen LogP contribution in [0.3, 0.4) is 0 Å². The third-order valence-electron chi connectivity index (χ3n) is 3.73. The zero-order chi connectivity index (χ0) is 15.1. The van der Waals surface area contributed by atoms with E-state index in [2.05, 4.69) is 35.9 Å². The first-order chi connectivity index (χ1) is 10.7. The van der Waals surface area contributed by atoms with Crippen LogP contribution in [-0.4, -0.2) is 32.0 Å². The summed E-state index contributed by atoms with van der Waals surface area (Å²) in [5.74, 6) is 1.82. The summed E-state index contributed by atoms with van der Waals surface area (Å²) in [5, 5.41) is 1.03. The highest BCUT2D eigenvalue weighted by Crippen LogP contribution is 2.23. The first-order valence-electron chi connectivity index (χ1n) is 7.16. The van der Waals surface area contributed by atoms with E-state index in [1.54, 1.807) is 6.33 Å². The zero-order valence-corrected chi connectivity index (χ0v) is 12.5. The molecule has 3 aromatic heterocycles. The molecule has 2 N–H and O–H groups in total. The summed E-state index contributed by atoms with van der Waals surface area (Å²) in [5.41, 5.74) is 3.97. The van der Waals surface area contributed by atoms with E-state index >= 15 is 0 Å². The molecule has 0 saturated carbocycles. The molecule has 3 heterocycles. The first-order valence-corrected chi connectivity index (χ1v) is 7.16. The molecule has 0 atom stereocenters. The van der Waals surface area contributed by atoms with Gasteiger partial charge in [0.2, 0.25) is 0 Å². The van der Waals surface area contributed by atoms with Gasteiger partial charge in [0.25, 0.3) is 0 Å². The molecule has 0 aliphatic heterocycles. The van der Waals surface area contributed by atoms with Crippen LogP contribution >= 0.6 is 0 Å². The van der Waals surface area contributed by atoms with E-state index in [9.17, 15) is 0 Å². The number of aryl methyl sites for hydroxylation is 1. The molecule has 0 fully saturated rings. The Kier molecular flexibility index (Phi) is 2.82. The van der Waals surface area contributed by atoms with Crippen LogP contribution in [0.2, 0.25) is 0 Å². The lowest BCUT2D eigenvalue weighted by molar-refractivity contribution is 0.849. The summed E-state index contributed by atoms with van der Waals surface area (Å²) in [6.07, 6.45) is 1.59. The van der Waals surface area contributed by atoms with Crippen LogP contribution in [-0.2, 0) is 6.54 Å². The van der Waals surface area contributed by atoms with E-state index in [4.69, 9.17) is 0 Å². The maximum atomic E-state index is 4.62. The molecule has 0 bridgehead atoms. The summed E-state index contributed by atoms with van der Waals surface area (Å²) in [4.78, 5) is 22.0. The number of anilines is 1. The molecular formula is C16H16N6. The Morgan fingerprint density at radius 2 is 2.00 bits per heavy atom. The minimum absolute atomic E-state index is 0.658. The van der Waals surface area contributed by atoms with Gasteiger partial charge >= 0.3 is 0 Å². The monoisotopic (exact) mass is 292 g/mol. The van der Waals surface area contributed by atoms with Gasteiger partial charge in [-0.15, -0.1) is 0 Å². The molecule has 110 valence electrons. The van der Waals surface area contributed by atoms with E-state index in [0.717, 1.165) is 39.4 Å². The molecule has 0 aliphatic carbocycles. The van der Waals surface area contributed by atoms with Crippen molar-refractivity contribution in [1.82, 2.24) is 24.9 Å². The minimum atomic E-state index is 0.658. The van der Waals surface area contributed by atoms with Crippen molar-refractivity contribution >= 4 is 27.9 Å². The molecule has 6 heteroatoms. The fraction of sp³-hybridized carbons (Fsp3) is 0.188. The Morgan fingerprint density at radius 1 is 1.14 bits per heavy atom. The molecule has 0 aliphatic rings. The summed E-state index contributed by atoms with van der Waals surface area (Å²) in [6.45, 7) is 2.68. The number of aromatic amines is 2. The molecule has 1 aromatic carbocycles. The number of aromatic nitrogens is 5. The van der Waals surface area contributed by atoms with Crippen LogP contribution in [0.25, 0.3) is 22.1 Å². The van der Waals surface area contributed by atoms with Crippen LogP contribution in [0.5, 0.6) is 0 Å². The average molecular weight is 292 g/mol. The van der Waals surface area contributed by atoms with Gasteiger partial charge in [-0.05, 0) is 25.1 Å². The van der Waals surface area contributed by atoms with Crippen LogP contribution < -0.4 is 4.90 Å². The van der Waals surface area contributed by atoms with E-state index in [1.165, 1.54) is 0 Å². The second-order valence-corrected chi connectivity index (χ2v) is 5.47. The van der Waals surface area contributed by atoms with Gasteiger partial charge in [-0.2, -0.15) is 0 Å². The molecule has 0 spiro atoms. The standard InChI is InChI=1S/C16H16N6/c1-10-7-11-15(19-10)17-9-18-16(11)22(2)8-14-20-12-5-3-4-6-13(12)21-14/h3-7,9H,8H2,1-2H3,(H,20,21)(H,17,18,19). The molecule has 6 nitrogen and oxygen atoms in total.